The first-order chi connectivity index (χ1) is 31.8. The lowest BCUT2D eigenvalue weighted by Gasteiger charge is -2.21. The zero-order chi connectivity index (χ0) is 49.0. The summed E-state index contributed by atoms with van der Waals surface area (Å²) in [5.74, 6) is 0. The lowest BCUT2D eigenvalue weighted by Crippen LogP contribution is -2.08. The molecular formula is C49H21F15N4. The van der Waals surface area contributed by atoms with Gasteiger partial charge in [-0.2, -0.15) is 76.4 Å². The molecular weight excluding hydrogens is 930 g/mol. The van der Waals surface area contributed by atoms with Crippen molar-refractivity contribution in [1.82, 2.24) is 9.13 Å². The van der Waals surface area contributed by atoms with Gasteiger partial charge in [-0.05, 0) is 120 Å². The van der Waals surface area contributed by atoms with Crippen molar-refractivity contribution in [3.63, 3.8) is 0 Å². The first kappa shape index (κ1) is 45.2. The second-order valence-corrected chi connectivity index (χ2v) is 15.5. The number of benzene rings is 7. The van der Waals surface area contributed by atoms with Gasteiger partial charge in [0.1, 0.15) is 0 Å². The molecule has 0 N–H and O–H groups in total. The third-order valence-corrected chi connectivity index (χ3v) is 11.5. The minimum absolute atomic E-state index is 0.135. The van der Waals surface area contributed by atoms with E-state index in [2.05, 4.69) is 0 Å². The van der Waals surface area contributed by atoms with Crippen LogP contribution in [0.15, 0.2) is 127 Å². The molecule has 7 aromatic carbocycles. The van der Waals surface area contributed by atoms with Gasteiger partial charge in [-0.25, -0.2) is 0 Å². The molecule has 0 fully saturated rings. The summed E-state index contributed by atoms with van der Waals surface area (Å²) in [6.45, 7) is 0. The van der Waals surface area contributed by atoms with Gasteiger partial charge in [-0.1, -0.05) is 18.2 Å². The van der Waals surface area contributed by atoms with E-state index in [1.165, 1.54) is 33.4 Å². The summed E-state index contributed by atoms with van der Waals surface area (Å²) in [4.78, 5) is 0. The van der Waals surface area contributed by atoms with Gasteiger partial charge < -0.3 is 9.13 Å². The van der Waals surface area contributed by atoms with E-state index in [1.54, 1.807) is 6.07 Å². The van der Waals surface area contributed by atoms with Crippen LogP contribution in [0.1, 0.15) is 38.9 Å². The number of hydrogen-bond acceptors (Lipinski definition) is 2. The normalized spacial score (nSPS) is 12.9. The third-order valence-electron chi connectivity index (χ3n) is 11.5. The summed E-state index contributed by atoms with van der Waals surface area (Å²) in [5, 5.41) is 18.9. The van der Waals surface area contributed by atoms with Gasteiger partial charge in [0.15, 0.2) is 0 Å². The molecule has 0 spiro atoms. The average Bonchev–Trinajstić information content (AvgIpc) is 3.78. The van der Waals surface area contributed by atoms with Crippen LogP contribution < -0.4 is 0 Å². The molecule has 0 radical (unpaired) electrons. The predicted molar refractivity (Wildman–Crippen MR) is 220 cm³/mol. The molecule has 2 aromatic heterocycles. The first-order valence-electron chi connectivity index (χ1n) is 19.5. The van der Waals surface area contributed by atoms with Crippen molar-refractivity contribution in [2.45, 2.75) is 30.9 Å². The number of alkyl halides is 15. The number of nitrogens with zero attached hydrogens (tertiary/aromatic N) is 4. The summed E-state index contributed by atoms with van der Waals surface area (Å²) in [5.41, 5.74) is -9.02. The van der Waals surface area contributed by atoms with Gasteiger partial charge in [-0.15, -0.1) is 0 Å². The maximum absolute atomic E-state index is 14.8. The molecule has 19 heteroatoms. The van der Waals surface area contributed by atoms with Gasteiger partial charge >= 0.3 is 30.9 Å². The van der Waals surface area contributed by atoms with E-state index in [-0.39, 0.29) is 82.8 Å². The van der Waals surface area contributed by atoms with Gasteiger partial charge in [0.05, 0.1) is 84.5 Å². The Bertz CT molecular complexity index is 3500. The molecule has 0 bridgehead atoms. The molecule has 0 atom stereocenters. The van der Waals surface area contributed by atoms with Crippen molar-refractivity contribution >= 4 is 43.6 Å². The van der Waals surface area contributed by atoms with E-state index in [1.807, 2.05) is 6.07 Å². The van der Waals surface area contributed by atoms with Crippen LogP contribution in [-0.2, 0) is 30.9 Å². The Hall–Kier alpha value is -7.93. The minimum atomic E-state index is -5.09. The number of halogens is 15. The molecule has 0 aliphatic carbocycles. The highest BCUT2D eigenvalue weighted by atomic mass is 19.4. The number of fused-ring (bicyclic) bond motifs is 6. The number of aromatic nitrogens is 2. The molecule has 4 nitrogen and oxygen atoms in total. The maximum atomic E-state index is 14.8. The fraction of sp³-hybridized carbons (Fsp3) is 0.102. The van der Waals surface area contributed by atoms with Crippen molar-refractivity contribution in [2.75, 3.05) is 0 Å². The highest BCUT2D eigenvalue weighted by Crippen LogP contribution is 2.48. The Morgan fingerprint density at radius 1 is 0.368 bits per heavy atom. The summed E-state index contributed by atoms with van der Waals surface area (Å²) in [6, 6.07) is 22.6. The lowest BCUT2D eigenvalue weighted by molar-refractivity contribution is -0.138. The largest absolute Gasteiger partial charge is 0.417 e. The number of hydrogen-bond donors (Lipinski definition) is 0. The lowest BCUT2D eigenvalue weighted by atomic mass is 9.90. The first-order valence-corrected chi connectivity index (χ1v) is 19.5. The standard InChI is InChI=1S/C49H21F15N4/c50-45(51,52)27-6-12-38-32(18-27)33-19-28(46(53,54)55)7-13-39(33)67(38)42-11-5-25(31-10-4-24(22-65)16-37(31)49(62,63)64)17-36(42)44-26(23-66)2-1-3-43(44)68-40-14-8-29(47(56,57)58)20-34(40)35-21-30(48(59,60)61)9-15-41(35)68/h1-21H. The second-order valence-electron chi connectivity index (χ2n) is 15.5. The van der Waals surface area contributed by atoms with Crippen LogP contribution in [0.4, 0.5) is 65.9 Å². The Morgan fingerprint density at radius 2 is 0.794 bits per heavy atom. The smallest absolute Gasteiger partial charge is 0.309 e. The van der Waals surface area contributed by atoms with Crippen molar-refractivity contribution in [3.05, 3.63) is 166 Å². The quantitative estimate of drug-likeness (QED) is 0.165. The number of nitriles is 2. The highest BCUT2D eigenvalue weighted by Gasteiger charge is 2.37. The van der Waals surface area contributed by atoms with Crippen LogP contribution in [0.3, 0.4) is 0 Å². The fourth-order valence-corrected chi connectivity index (χ4v) is 8.57. The van der Waals surface area contributed by atoms with E-state index in [0.29, 0.717) is 54.6 Å². The van der Waals surface area contributed by atoms with E-state index < -0.39 is 64.3 Å². The van der Waals surface area contributed by atoms with Crippen LogP contribution in [0, 0.1) is 22.7 Å². The Kier molecular flexibility index (Phi) is 10.2. The monoisotopic (exact) mass is 950 g/mol. The van der Waals surface area contributed by atoms with Gasteiger partial charge in [0.25, 0.3) is 0 Å². The number of rotatable bonds is 4. The summed E-state index contributed by atoms with van der Waals surface area (Å²) >= 11 is 0. The summed E-state index contributed by atoms with van der Waals surface area (Å²) in [6.07, 6.45) is -25.0. The molecule has 0 amide bonds. The summed E-state index contributed by atoms with van der Waals surface area (Å²) < 4.78 is 217. The van der Waals surface area contributed by atoms with Crippen LogP contribution >= 0.6 is 0 Å². The van der Waals surface area contributed by atoms with Gasteiger partial charge in [0.2, 0.25) is 0 Å². The Balaban J connectivity index is 1.46. The molecule has 0 unspecified atom stereocenters. The fourth-order valence-electron chi connectivity index (χ4n) is 8.57. The molecule has 0 aliphatic rings. The zero-order valence-electron chi connectivity index (χ0n) is 33.6. The predicted octanol–water partition coefficient (Wildman–Crippen LogP) is 16.1. The SMILES string of the molecule is N#Cc1ccc(-c2ccc(-n3c4ccc(C(F)(F)F)cc4c4cc(C(F)(F)F)ccc43)c(-c3c(C#N)cccc3-n3c4ccc(C(F)(F)F)cc4c4cc(C(F)(F)F)ccc43)c2)c(C(F)(F)F)c1. The molecule has 0 aliphatic heterocycles. The summed E-state index contributed by atoms with van der Waals surface area (Å²) in [7, 11) is 0. The third kappa shape index (κ3) is 7.57. The van der Waals surface area contributed by atoms with Crippen molar-refractivity contribution in [2.24, 2.45) is 0 Å². The Morgan fingerprint density at radius 3 is 1.18 bits per heavy atom. The molecule has 342 valence electrons. The molecule has 9 rings (SSSR count). The molecule has 0 saturated carbocycles. The van der Waals surface area contributed by atoms with Crippen LogP contribution in [0.5, 0.6) is 0 Å². The molecule has 68 heavy (non-hydrogen) atoms. The van der Waals surface area contributed by atoms with Crippen LogP contribution in [0.25, 0.3) is 77.2 Å². The molecule has 9 aromatic rings. The maximum Gasteiger partial charge on any atom is 0.417 e. The van der Waals surface area contributed by atoms with Crippen LogP contribution in [0.2, 0.25) is 0 Å². The minimum Gasteiger partial charge on any atom is -0.309 e. The van der Waals surface area contributed by atoms with Crippen molar-refractivity contribution < 1.29 is 65.9 Å². The van der Waals surface area contributed by atoms with Crippen LogP contribution in [-0.4, -0.2) is 9.13 Å². The van der Waals surface area contributed by atoms with E-state index >= 15 is 0 Å². The zero-order valence-corrected chi connectivity index (χ0v) is 33.6. The van der Waals surface area contributed by atoms with E-state index in [9.17, 15) is 76.4 Å². The second kappa shape index (κ2) is 15.3. The average molecular weight is 951 g/mol. The van der Waals surface area contributed by atoms with E-state index in [4.69, 9.17) is 0 Å². The Labute approximate surface area is 371 Å². The van der Waals surface area contributed by atoms with Crippen molar-refractivity contribution in [3.8, 4) is 45.8 Å². The van der Waals surface area contributed by atoms with Gasteiger partial charge in [-0.3, -0.25) is 0 Å². The van der Waals surface area contributed by atoms with Crippen molar-refractivity contribution in [1.29, 1.82) is 10.5 Å². The van der Waals surface area contributed by atoms with E-state index in [0.717, 1.165) is 48.5 Å². The van der Waals surface area contributed by atoms with Gasteiger partial charge in [0, 0.05) is 32.7 Å². The molecule has 2 heterocycles. The topological polar surface area (TPSA) is 57.4 Å². The molecule has 0 saturated heterocycles. The highest BCUT2D eigenvalue weighted by molar-refractivity contribution is 6.12.